The Morgan fingerprint density at radius 2 is 2.15 bits per heavy atom. The molecular weight excluding hydrogens is 364 g/mol. The monoisotopic (exact) mass is 392 g/mol. The van der Waals surface area contributed by atoms with Gasteiger partial charge in [-0.15, -0.1) is 0 Å². The van der Waals surface area contributed by atoms with E-state index in [9.17, 15) is 15.2 Å². The first-order valence-corrected chi connectivity index (χ1v) is 10.3. The lowest BCUT2D eigenvalue weighted by Gasteiger charge is -2.30. The Balaban J connectivity index is 1.69. The van der Waals surface area contributed by atoms with Gasteiger partial charge in [0.05, 0.1) is 17.8 Å². The summed E-state index contributed by atoms with van der Waals surface area (Å²) in [6.45, 7) is 8.84. The van der Waals surface area contributed by atoms with Crippen molar-refractivity contribution in [3.05, 3.63) is 10.6 Å². The molecule has 2 fully saturated rings. The summed E-state index contributed by atoms with van der Waals surface area (Å²) >= 11 is 1.21. The average molecular weight is 393 g/mol. The molecule has 2 aliphatic rings. The predicted molar refractivity (Wildman–Crippen MR) is 104 cm³/mol. The average Bonchev–Trinajstić information content (AvgIpc) is 3.19. The summed E-state index contributed by atoms with van der Waals surface area (Å²) in [7, 11) is 0. The molecular formula is C19H28N4O3S. The fourth-order valence-electron chi connectivity index (χ4n) is 3.76. The summed E-state index contributed by atoms with van der Waals surface area (Å²) in [5, 5.41) is 22.8. The highest BCUT2D eigenvalue weighted by Gasteiger charge is 2.37. The fourth-order valence-corrected chi connectivity index (χ4v) is 4.74. The largest absolute Gasteiger partial charge is 0.392 e. The van der Waals surface area contributed by atoms with E-state index in [4.69, 9.17) is 4.74 Å². The van der Waals surface area contributed by atoms with Gasteiger partial charge in [0.1, 0.15) is 10.9 Å². The number of aliphatic hydroxyl groups is 1. The maximum Gasteiger partial charge on any atom is 0.243 e. The number of carbonyl (C=O) groups excluding carboxylic acids is 1. The lowest BCUT2D eigenvalue weighted by atomic mass is 9.91. The Hall–Kier alpha value is -1.53. The van der Waals surface area contributed by atoms with E-state index in [0.717, 1.165) is 32.6 Å². The number of anilines is 1. The summed E-state index contributed by atoms with van der Waals surface area (Å²) in [6, 6.07) is 1.81. The Labute approximate surface area is 164 Å². The molecule has 2 N–H and O–H groups in total. The SMILES string of the molecule is CC(C)(C)c1nc(NC(=O)[C@@H]2C[C@@H](O)CN2CC2CCOCC2)sc1C#N. The molecule has 1 aromatic rings. The second-order valence-corrected chi connectivity index (χ2v) is 9.46. The number of nitrogens with one attached hydrogen (secondary N) is 1. The predicted octanol–water partition coefficient (Wildman–Crippen LogP) is 2.11. The number of amides is 1. The van der Waals surface area contributed by atoms with Gasteiger partial charge in [-0.05, 0) is 25.2 Å². The van der Waals surface area contributed by atoms with Gasteiger partial charge in [-0.3, -0.25) is 9.69 Å². The van der Waals surface area contributed by atoms with Crippen LogP contribution in [0.5, 0.6) is 0 Å². The number of likely N-dealkylation sites (tertiary alicyclic amines) is 1. The number of rotatable bonds is 4. The zero-order chi connectivity index (χ0) is 19.6. The summed E-state index contributed by atoms with van der Waals surface area (Å²) in [6.07, 6.45) is 1.93. The van der Waals surface area contributed by atoms with Crippen molar-refractivity contribution in [3.63, 3.8) is 0 Å². The van der Waals surface area contributed by atoms with Gasteiger partial charge < -0.3 is 15.2 Å². The topological polar surface area (TPSA) is 98.5 Å². The second-order valence-electron chi connectivity index (χ2n) is 8.46. The molecule has 0 aliphatic carbocycles. The molecule has 27 heavy (non-hydrogen) atoms. The maximum atomic E-state index is 12.9. The van der Waals surface area contributed by atoms with E-state index in [1.807, 2.05) is 20.8 Å². The van der Waals surface area contributed by atoms with Crippen molar-refractivity contribution in [2.24, 2.45) is 5.92 Å². The van der Waals surface area contributed by atoms with Crippen molar-refractivity contribution < 1.29 is 14.6 Å². The van der Waals surface area contributed by atoms with E-state index < -0.39 is 6.10 Å². The highest BCUT2D eigenvalue weighted by atomic mass is 32.1. The zero-order valence-corrected chi connectivity index (χ0v) is 17.0. The normalized spacial score (nSPS) is 24.7. The van der Waals surface area contributed by atoms with Crippen molar-refractivity contribution in [3.8, 4) is 6.07 Å². The molecule has 0 radical (unpaired) electrons. The van der Waals surface area contributed by atoms with E-state index in [1.54, 1.807) is 0 Å². The van der Waals surface area contributed by atoms with Crippen LogP contribution in [0.1, 0.15) is 50.6 Å². The molecule has 2 saturated heterocycles. The van der Waals surface area contributed by atoms with Crippen LogP contribution in [-0.2, 0) is 14.9 Å². The molecule has 1 amide bonds. The van der Waals surface area contributed by atoms with Crippen LogP contribution < -0.4 is 5.32 Å². The van der Waals surface area contributed by atoms with Crippen LogP contribution in [0.25, 0.3) is 0 Å². The Kier molecular flexibility index (Phi) is 6.16. The minimum Gasteiger partial charge on any atom is -0.392 e. The van der Waals surface area contributed by atoms with Crippen molar-refractivity contribution in [1.82, 2.24) is 9.88 Å². The van der Waals surface area contributed by atoms with Gasteiger partial charge in [-0.1, -0.05) is 32.1 Å². The summed E-state index contributed by atoms with van der Waals surface area (Å²) < 4.78 is 5.41. The van der Waals surface area contributed by atoms with E-state index in [0.29, 0.717) is 34.6 Å². The van der Waals surface area contributed by atoms with Crippen LogP contribution in [0.2, 0.25) is 0 Å². The molecule has 0 bridgehead atoms. The van der Waals surface area contributed by atoms with Gasteiger partial charge in [0, 0.05) is 31.7 Å². The van der Waals surface area contributed by atoms with Crippen LogP contribution >= 0.6 is 11.3 Å². The minimum absolute atomic E-state index is 0.155. The van der Waals surface area contributed by atoms with Gasteiger partial charge >= 0.3 is 0 Å². The molecule has 0 aromatic carbocycles. The number of hydrogen-bond acceptors (Lipinski definition) is 7. The summed E-state index contributed by atoms with van der Waals surface area (Å²) in [5.74, 6) is 0.342. The number of hydrogen-bond donors (Lipinski definition) is 2. The Morgan fingerprint density at radius 3 is 2.74 bits per heavy atom. The van der Waals surface area contributed by atoms with Crippen molar-refractivity contribution in [1.29, 1.82) is 5.26 Å². The van der Waals surface area contributed by atoms with E-state index in [1.165, 1.54) is 11.3 Å². The van der Waals surface area contributed by atoms with Crippen molar-refractivity contribution in [2.75, 3.05) is 31.6 Å². The van der Waals surface area contributed by atoms with E-state index in [2.05, 4.69) is 21.3 Å². The molecule has 0 unspecified atom stereocenters. The van der Waals surface area contributed by atoms with Crippen LogP contribution in [0.15, 0.2) is 0 Å². The van der Waals surface area contributed by atoms with Gasteiger partial charge in [0.2, 0.25) is 5.91 Å². The highest BCUT2D eigenvalue weighted by molar-refractivity contribution is 7.16. The minimum atomic E-state index is -0.489. The van der Waals surface area contributed by atoms with E-state index >= 15 is 0 Å². The number of nitriles is 1. The maximum absolute atomic E-state index is 12.9. The quantitative estimate of drug-likeness (QED) is 0.814. The Morgan fingerprint density at radius 1 is 1.44 bits per heavy atom. The molecule has 0 saturated carbocycles. The van der Waals surface area contributed by atoms with Crippen LogP contribution in [-0.4, -0.2) is 59.3 Å². The van der Waals surface area contributed by atoms with Crippen LogP contribution in [0.3, 0.4) is 0 Å². The van der Waals surface area contributed by atoms with Gasteiger partial charge in [0.25, 0.3) is 0 Å². The first-order valence-electron chi connectivity index (χ1n) is 9.50. The third-order valence-electron chi connectivity index (χ3n) is 5.19. The van der Waals surface area contributed by atoms with Crippen LogP contribution in [0, 0.1) is 17.2 Å². The molecule has 148 valence electrons. The third kappa shape index (κ3) is 4.85. The first-order chi connectivity index (χ1) is 12.8. The number of β-amino-alcohol motifs (C(OH)–C–C–N with tert-alkyl or cyclic N) is 1. The number of thiazole rings is 1. The lowest BCUT2D eigenvalue weighted by molar-refractivity contribution is -0.120. The molecule has 7 nitrogen and oxygen atoms in total. The molecule has 1 aromatic heterocycles. The first kappa shape index (κ1) is 20.2. The summed E-state index contributed by atoms with van der Waals surface area (Å²) in [5.41, 5.74) is 0.444. The highest BCUT2D eigenvalue weighted by Crippen LogP contribution is 2.32. The van der Waals surface area contributed by atoms with E-state index in [-0.39, 0.29) is 17.4 Å². The number of nitrogens with zero attached hydrogens (tertiary/aromatic N) is 3. The number of carbonyl (C=O) groups is 1. The van der Waals surface area contributed by atoms with Crippen molar-refractivity contribution in [2.45, 2.75) is 57.6 Å². The van der Waals surface area contributed by atoms with Gasteiger partial charge in [0.15, 0.2) is 5.13 Å². The fraction of sp³-hybridized carbons (Fsp3) is 0.737. The number of aromatic nitrogens is 1. The lowest BCUT2D eigenvalue weighted by Crippen LogP contribution is -2.42. The summed E-state index contributed by atoms with van der Waals surface area (Å²) in [4.78, 5) is 20.0. The van der Waals surface area contributed by atoms with Crippen molar-refractivity contribution >= 4 is 22.4 Å². The Bertz CT molecular complexity index is 716. The molecule has 8 heteroatoms. The number of ether oxygens (including phenoxy) is 1. The van der Waals surface area contributed by atoms with Gasteiger partial charge in [-0.2, -0.15) is 5.26 Å². The molecule has 2 atom stereocenters. The molecule has 2 aliphatic heterocycles. The van der Waals surface area contributed by atoms with Gasteiger partial charge in [-0.25, -0.2) is 4.98 Å². The zero-order valence-electron chi connectivity index (χ0n) is 16.2. The molecule has 3 heterocycles. The molecule has 0 spiro atoms. The second kappa shape index (κ2) is 8.23. The number of aliphatic hydroxyl groups excluding tert-OH is 1. The standard InChI is InChI=1S/C19H28N4O3S/c1-19(2,3)16-15(9-20)27-18(21-16)22-17(25)14-8-13(24)11-23(14)10-12-4-6-26-7-5-12/h12-14,24H,4-8,10-11H2,1-3H3,(H,21,22,25)/t13-,14+/m1/s1. The molecule has 3 rings (SSSR count). The third-order valence-corrected chi connectivity index (χ3v) is 6.06. The van der Waals surface area contributed by atoms with Crippen LogP contribution in [0.4, 0.5) is 5.13 Å². The smallest absolute Gasteiger partial charge is 0.243 e.